The van der Waals surface area contributed by atoms with Crippen LogP contribution in [-0.2, 0) is 4.79 Å². The van der Waals surface area contributed by atoms with Gasteiger partial charge in [0.25, 0.3) is 0 Å². The zero-order valence-corrected chi connectivity index (χ0v) is 14.6. The molecule has 1 amide bonds. The fourth-order valence-corrected chi connectivity index (χ4v) is 4.36. The van der Waals surface area contributed by atoms with Crippen molar-refractivity contribution in [3.8, 4) is 0 Å². The second-order valence-electron chi connectivity index (χ2n) is 7.65. The SMILES string of the molecule is O=C(CC1CCCCC1)N1CCC(c2nc3ccc(F)cc3[nH]2)CC1. The standard InChI is InChI=1S/C20H26FN3O/c21-16-6-7-17-18(13-16)23-20(22-17)15-8-10-24(11-9-15)19(25)12-14-4-2-1-3-5-14/h6-7,13-15H,1-5,8-12H2,(H,22,23). The number of fused-ring (bicyclic) bond motifs is 1. The van der Waals surface area contributed by atoms with Crippen LogP contribution < -0.4 is 0 Å². The zero-order chi connectivity index (χ0) is 17.2. The summed E-state index contributed by atoms with van der Waals surface area (Å²) in [7, 11) is 0. The summed E-state index contributed by atoms with van der Waals surface area (Å²) in [6, 6.07) is 4.65. The van der Waals surface area contributed by atoms with Crippen molar-refractivity contribution >= 4 is 16.9 Å². The van der Waals surface area contributed by atoms with Crippen LogP contribution in [0, 0.1) is 11.7 Å². The number of halogens is 1. The number of carbonyl (C=O) groups excluding carboxylic acids is 1. The number of imidazole rings is 1. The number of nitrogens with one attached hydrogen (secondary N) is 1. The third-order valence-corrected chi connectivity index (χ3v) is 5.88. The Kier molecular flexibility index (Phi) is 4.73. The predicted octanol–water partition coefficient (Wildman–Crippen LogP) is 4.38. The Morgan fingerprint density at radius 3 is 2.68 bits per heavy atom. The molecular weight excluding hydrogens is 317 g/mol. The number of H-pyrrole nitrogens is 1. The normalized spacial score (nSPS) is 20.3. The van der Waals surface area contributed by atoms with Gasteiger partial charge >= 0.3 is 0 Å². The number of piperidine rings is 1. The average Bonchev–Trinajstić information content (AvgIpc) is 3.06. The smallest absolute Gasteiger partial charge is 0.222 e. The maximum atomic E-state index is 13.3. The van der Waals surface area contributed by atoms with Gasteiger partial charge in [-0.15, -0.1) is 0 Å². The molecule has 0 unspecified atom stereocenters. The molecular formula is C20H26FN3O. The van der Waals surface area contributed by atoms with Crippen molar-refractivity contribution in [2.24, 2.45) is 5.92 Å². The van der Waals surface area contributed by atoms with Gasteiger partial charge in [0.15, 0.2) is 0 Å². The van der Waals surface area contributed by atoms with Gasteiger partial charge in [-0.25, -0.2) is 9.37 Å². The largest absolute Gasteiger partial charge is 0.343 e. The van der Waals surface area contributed by atoms with Crippen LogP contribution in [-0.4, -0.2) is 33.9 Å². The molecule has 0 bridgehead atoms. The van der Waals surface area contributed by atoms with E-state index in [9.17, 15) is 9.18 Å². The minimum atomic E-state index is -0.245. The maximum Gasteiger partial charge on any atom is 0.222 e. The Labute approximate surface area is 147 Å². The first-order chi connectivity index (χ1) is 12.2. The van der Waals surface area contributed by atoms with Crippen molar-refractivity contribution in [3.05, 3.63) is 29.8 Å². The Balaban J connectivity index is 1.34. The molecule has 1 saturated heterocycles. The summed E-state index contributed by atoms with van der Waals surface area (Å²) < 4.78 is 13.3. The van der Waals surface area contributed by atoms with E-state index in [1.165, 1.54) is 44.2 Å². The summed E-state index contributed by atoms with van der Waals surface area (Å²) in [6.07, 6.45) is 8.93. The summed E-state index contributed by atoms with van der Waals surface area (Å²) in [6.45, 7) is 1.61. The highest BCUT2D eigenvalue weighted by molar-refractivity contribution is 5.77. The minimum Gasteiger partial charge on any atom is -0.343 e. The van der Waals surface area contributed by atoms with Crippen LogP contribution in [0.25, 0.3) is 11.0 Å². The molecule has 0 atom stereocenters. The molecule has 4 rings (SSSR count). The monoisotopic (exact) mass is 343 g/mol. The lowest BCUT2D eigenvalue weighted by Gasteiger charge is -2.32. The van der Waals surface area contributed by atoms with E-state index in [1.54, 1.807) is 6.07 Å². The van der Waals surface area contributed by atoms with Crippen molar-refractivity contribution < 1.29 is 9.18 Å². The summed E-state index contributed by atoms with van der Waals surface area (Å²) >= 11 is 0. The first-order valence-corrected chi connectivity index (χ1v) is 9.62. The van der Waals surface area contributed by atoms with E-state index >= 15 is 0 Å². The molecule has 1 N–H and O–H groups in total. The van der Waals surface area contributed by atoms with Crippen molar-refractivity contribution in [1.29, 1.82) is 0 Å². The number of aromatic nitrogens is 2. The Bertz CT molecular complexity index is 742. The first-order valence-electron chi connectivity index (χ1n) is 9.62. The van der Waals surface area contributed by atoms with E-state index in [0.29, 0.717) is 17.7 Å². The molecule has 1 saturated carbocycles. The lowest BCUT2D eigenvalue weighted by molar-refractivity contribution is -0.133. The molecule has 0 spiro atoms. The van der Waals surface area contributed by atoms with E-state index in [4.69, 9.17) is 0 Å². The van der Waals surface area contributed by atoms with Gasteiger partial charge in [0, 0.05) is 25.4 Å². The van der Waals surface area contributed by atoms with E-state index in [1.807, 2.05) is 4.90 Å². The van der Waals surface area contributed by atoms with Crippen LogP contribution >= 0.6 is 0 Å². The van der Waals surface area contributed by atoms with Crippen LogP contribution in [0.2, 0.25) is 0 Å². The summed E-state index contributed by atoms with van der Waals surface area (Å²) in [5.74, 6) is 1.95. The van der Waals surface area contributed by atoms with E-state index < -0.39 is 0 Å². The van der Waals surface area contributed by atoms with E-state index in [-0.39, 0.29) is 5.82 Å². The summed E-state index contributed by atoms with van der Waals surface area (Å²) in [5.41, 5.74) is 1.57. The molecule has 2 aliphatic rings. The minimum absolute atomic E-state index is 0.245. The molecule has 1 aliphatic carbocycles. The number of nitrogens with zero attached hydrogens (tertiary/aromatic N) is 2. The number of benzene rings is 1. The second-order valence-corrected chi connectivity index (χ2v) is 7.65. The van der Waals surface area contributed by atoms with Gasteiger partial charge in [-0.05, 0) is 49.8 Å². The third-order valence-electron chi connectivity index (χ3n) is 5.88. The lowest BCUT2D eigenvalue weighted by atomic mass is 9.86. The van der Waals surface area contributed by atoms with Gasteiger partial charge < -0.3 is 9.88 Å². The zero-order valence-electron chi connectivity index (χ0n) is 14.6. The van der Waals surface area contributed by atoms with Crippen LogP contribution in [0.3, 0.4) is 0 Å². The summed E-state index contributed by atoms with van der Waals surface area (Å²) in [5, 5.41) is 0. The fourth-order valence-electron chi connectivity index (χ4n) is 4.36. The van der Waals surface area contributed by atoms with Gasteiger partial charge in [0.05, 0.1) is 11.0 Å². The lowest BCUT2D eigenvalue weighted by Crippen LogP contribution is -2.39. The van der Waals surface area contributed by atoms with Crippen LogP contribution in [0.15, 0.2) is 18.2 Å². The van der Waals surface area contributed by atoms with Crippen molar-refractivity contribution in [1.82, 2.24) is 14.9 Å². The molecule has 4 nitrogen and oxygen atoms in total. The Morgan fingerprint density at radius 2 is 1.92 bits per heavy atom. The van der Waals surface area contributed by atoms with Crippen molar-refractivity contribution in [2.45, 2.75) is 57.3 Å². The van der Waals surface area contributed by atoms with Crippen molar-refractivity contribution in [3.63, 3.8) is 0 Å². The van der Waals surface area contributed by atoms with Crippen molar-refractivity contribution in [2.75, 3.05) is 13.1 Å². The quantitative estimate of drug-likeness (QED) is 0.899. The van der Waals surface area contributed by atoms with Gasteiger partial charge in [-0.1, -0.05) is 19.3 Å². The molecule has 2 heterocycles. The average molecular weight is 343 g/mol. The van der Waals surface area contributed by atoms with Crippen LogP contribution in [0.1, 0.15) is 63.1 Å². The number of hydrogen-bond acceptors (Lipinski definition) is 2. The van der Waals surface area contributed by atoms with Gasteiger partial charge in [-0.3, -0.25) is 4.79 Å². The number of hydrogen-bond donors (Lipinski definition) is 1. The highest BCUT2D eigenvalue weighted by Gasteiger charge is 2.27. The van der Waals surface area contributed by atoms with E-state index in [2.05, 4.69) is 9.97 Å². The molecule has 1 aliphatic heterocycles. The van der Waals surface area contributed by atoms with Gasteiger partial charge in [-0.2, -0.15) is 0 Å². The molecule has 2 aromatic rings. The summed E-state index contributed by atoms with van der Waals surface area (Å²) in [4.78, 5) is 22.5. The first kappa shape index (κ1) is 16.6. The molecule has 5 heteroatoms. The second kappa shape index (κ2) is 7.14. The molecule has 1 aromatic carbocycles. The number of carbonyl (C=O) groups is 1. The highest BCUT2D eigenvalue weighted by atomic mass is 19.1. The van der Waals surface area contributed by atoms with Gasteiger partial charge in [0.1, 0.15) is 11.6 Å². The molecule has 2 fully saturated rings. The molecule has 134 valence electrons. The highest BCUT2D eigenvalue weighted by Crippen LogP contribution is 2.30. The van der Waals surface area contributed by atoms with Crippen LogP contribution in [0.5, 0.6) is 0 Å². The molecule has 0 radical (unpaired) electrons. The molecule has 25 heavy (non-hydrogen) atoms. The number of rotatable bonds is 3. The van der Waals surface area contributed by atoms with Gasteiger partial charge in [0.2, 0.25) is 5.91 Å². The fraction of sp³-hybridized carbons (Fsp3) is 0.600. The predicted molar refractivity (Wildman–Crippen MR) is 95.8 cm³/mol. The Morgan fingerprint density at radius 1 is 1.16 bits per heavy atom. The third kappa shape index (κ3) is 3.70. The molecule has 1 aromatic heterocycles. The van der Waals surface area contributed by atoms with E-state index in [0.717, 1.165) is 49.2 Å². The Hall–Kier alpha value is -1.91. The number of aromatic amines is 1. The number of likely N-dealkylation sites (tertiary alicyclic amines) is 1. The van der Waals surface area contributed by atoms with Crippen LogP contribution in [0.4, 0.5) is 4.39 Å². The maximum absolute atomic E-state index is 13.3. The topological polar surface area (TPSA) is 49.0 Å². The number of amides is 1.